The molecule has 2 heterocycles. The molecule has 0 aromatic carbocycles. The van der Waals surface area contributed by atoms with Gasteiger partial charge in [-0.25, -0.2) is 0 Å². The van der Waals surface area contributed by atoms with Gasteiger partial charge in [-0.15, -0.1) is 12.3 Å². The molecule has 1 atom stereocenters. The van der Waals surface area contributed by atoms with Crippen LogP contribution in [0.3, 0.4) is 0 Å². The Morgan fingerprint density at radius 3 is 2.95 bits per heavy atom. The van der Waals surface area contributed by atoms with Gasteiger partial charge < -0.3 is 10.2 Å². The summed E-state index contributed by atoms with van der Waals surface area (Å²) in [6.07, 6.45) is 7.95. The number of carbonyl (C=O) groups is 2. The summed E-state index contributed by atoms with van der Waals surface area (Å²) in [5, 5.41) is 10.8. The van der Waals surface area contributed by atoms with Gasteiger partial charge in [-0.3, -0.25) is 9.59 Å². The number of rotatable bonds is 5. The first-order chi connectivity index (χ1) is 9.56. The fourth-order valence-electron chi connectivity index (χ4n) is 2.48. The summed E-state index contributed by atoms with van der Waals surface area (Å²) in [6, 6.07) is -0.0558. The molecule has 0 saturated carbocycles. The van der Waals surface area contributed by atoms with Gasteiger partial charge in [-0.05, 0) is 6.92 Å². The third kappa shape index (κ3) is 3.56. The molecule has 1 N–H and O–H groups in total. The lowest BCUT2D eigenvalue weighted by atomic mass is 10.0. The Kier molecular flexibility index (Phi) is 4.38. The predicted molar refractivity (Wildman–Crippen MR) is 73.7 cm³/mol. The molecule has 2 rings (SSSR count). The highest BCUT2D eigenvalue weighted by Gasteiger charge is 2.40. The maximum absolute atomic E-state index is 12.3. The minimum absolute atomic E-state index is 0.00508. The van der Waals surface area contributed by atoms with Crippen LogP contribution in [0.1, 0.15) is 39.0 Å². The van der Waals surface area contributed by atoms with E-state index in [0.717, 1.165) is 0 Å². The number of carbonyl (C=O) groups excluding carboxylic acids is 2. The molecule has 1 saturated heterocycles. The van der Waals surface area contributed by atoms with Crippen molar-refractivity contribution in [3.05, 3.63) is 0 Å². The average Bonchev–Trinajstić information content (AvgIpc) is 3.20. The fourth-order valence-corrected chi connectivity index (χ4v) is 2.48. The molecule has 1 unspecified atom stereocenters. The Morgan fingerprint density at radius 1 is 1.55 bits per heavy atom. The van der Waals surface area contributed by atoms with Gasteiger partial charge in [0.05, 0.1) is 0 Å². The Hall–Kier alpha value is -1.90. The highest BCUT2D eigenvalue weighted by atomic mass is 16.2. The van der Waals surface area contributed by atoms with Gasteiger partial charge in [0.2, 0.25) is 11.8 Å². The molecule has 0 spiro atoms. The van der Waals surface area contributed by atoms with Crippen molar-refractivity contribution in [1.82, 2.24) is 10.2 Å². The summed E-state index contributed by atoms with van der Waals surface area (Å²) in [6.45, 7) is 2.99. The smallest absolute Gasteiger partial charge is 0.223 e. The second kappa shape index (κ2) is 6.04. The summed E-state index contributed by atoms with van der Waals surface area (Å²) in [7, 11) is 0. The highest BCUT2D eigenvalue weighted by Crippen LogP contribution is 2.37. The summed E-state index contributed by atoms with van der Waals surface area (Å²) < 4.78 is 0. The van der Waals surface area contributed by atoms with Crippen LogP contribution >= 0.6 is 0 Å². The number of hydrogen-bond acceptors (Lipinski definition) is 4. The van der Waals surface area contributed by atoms with Crippen LogP contribution in [0.15, 0.2) is 10.2 Å². The molecule has 0 aromatic rings. The minimum atomic E-state index is -0.412. The number of nitrogens with one attached hydrogen (secondary N) is 1. The van der Waals surface area contributed by atoms with Crippen LogP contribution in [-0.2, 0) is 9.59 Å². The zero-order valence-electron chi connectivity index (χ0n) is 11.8. The minimum Gasteiger partial charge on any atom is -0.354 e. The summed E-state index contributed by atoms with van der Waals surface area (Å²) in [4.78, 5) is 25.5. The van der Waals surface area contributed by atoms with Crippen molar-refractivity contribution in [2.45, 2.75) is 50.7 Å². The van der Waals surface area contributed by atoms with Crippen molar-refractivity contribution in [1.29, 1.82) is 0 Å². The van der Waals surface area contributed by atoms with E-state index in [2.05, 4.69) is 21.5 Å². The second-order valence-electron chi connectivity index (χ2n) is 5.38. The number of hydrogen-bond donors (Lipinski definition) is 1. The SMILES string of the molecule is C#CCCC1(CCC(=O)N2CCNC(=O)CC2C)N=N1. The van der Waals surface area contributed by atoms with Gasteiger partial charge in [0.1, 0.15) is 0 Å². The number of terminal acetylenes is 1. The van der Waals surface area contributed by atoms with E-state index in [0.29, 0.717) is 45.2 Å². The highest BCUT2D eigenvalue weighted by molar-refractivity contribution is 5.80. The second-order valence-corrected chi connectivity index (χ2v) is 5.38. The van der Waals surface area contributed by atoms with Crippen molar-refractivity contribution < 1.29 is 9.59 Å². The van der Waals surface area contributed by atoms with Crippen molar-refractivity contribution in [2.24, 2.45) is 10.2 Å². The van der Waals surface area contributed by atoms with Crippen molar-refractivity contribution in [3.63, 3.8) is 0 Å². The third-order valence-electron chi connectivity index (χ3n) is 3.80. The number of nitrogens with zero attached hydrogens (tertiary/aromatic N) is 3. The zero-order valence-corrected chi connectivity index (χ0v) is 11.8. The molecule has 0 bridgehead atoms. The molecule has 0 aliphatic carbocycles. The van der Waals surface area contributed by atoms with Crippen molar-refractivity contribution in [2.75, 3.05) is 13.1 Å². The monoisotopic (exact) mass is 276 g/mol. The van der Waals surface area contributed by atoms with E-state index in [-0.39, 0.29) is 17.9 Å². The summed E-state index contributed by atoms with van der Waals surface area (Å²) in [5.41, 5.74) is -0.412. The topological polar surface area (TPSA) is 74.1 Å². The van der Waals surface area contributed by atoms with Gasteiger partial charge in [0, 0.05) is 51.2 Å². The van der Waals surface area contributed by atoms with Crippen LogP contribution in [0, 0.1) is 12.3 Å². The van der Waals surface area contributed by atoms with Gasteiger partial charge in [0.15, 0.2) is 5.66 Å². The Bertz CT molecular complexity index is 460. The predicted octanol–water partition coefficient (Wildman–Crippen LogP) is 1.08. The molecule has 1 fully saturated rings. The first-order valence-corrected chi connectivity index (χ1v) is 7.00. The zero-order chi connectivity index (χ0) is 14.6. The van der Waals surface area contributed by atoms with Crippen LogP contribution in [0.5, 0.6) is 0 Å². The normalized spacial score (nSPS) is 23.7. The van der Waals surface area contributed by atoms with Crippen molar-refractivity contribution in [3.8, 4) is 12.3 Å². The van der Waals surface area contributed by atoms with Gasteiger partial charge in [0.25, 0.3) is 0 Å². The van der Waals surface area contributed by atoms with E-state index in [4.69, 9.17) is 6.42 Å². The van der Waals surface area contributed by atoms with Crippen molar-refractivity contribution >= 4 is 11.8 Å². The molecule has 20 heavy (non-hydrogen) atoms. The molecule has 2 aliphatic rings. The van der Waals surface area contributed by atoms with E-state index in [1.807, 2.05) is 6.92 Å². The maximum Gasteiger partial charge on any atom is 0.223 e. The third-order valence-corrected chi connectivity index (χ3v) is 3.80. The fraction of sp³-hybridized carbons (Fsp3) is 0.714. The van der Waals surface area contributed by atoms with Gasteiger partial charge in [-0.2, -0.15) is 10.2 Å². The van der Waals surface area contributed by atoms with E-state index < -0.39 is 5.66 Å². The van der Waals surface area contributed by atoms with E-state index >= 15 is 0 Å². The lowest BCUT2D eigenvalue weighted by Crippen LogP contribution is -2.40. The standard InChI is InChI=1S/C14H20N4O2/c1-3-4-6-14(16-17-14)7-5-13(20)18-9-8-15-12(19)10-11(18)2/h1,11H,4-10H2,2H3,(H,15,19). The van der Waals surface area contributed by atoms with E-state index in [9.17, 15) is 9.59 Å². The first kappa shape index (κ1) is 14.5. The average molecular weight is 276 g/mol. The molecule has 0 aromatic heterocycles. The van der Waals surface area contributed by atoms with E-state index in [1.165, 1.54) is 0 Å². The quantitative estimate of drug-likeness (QED) is 0.763. The molecular formula is C14H20N4O2. The Balaban J connectivity index is 1.82. The molecule has 2 aliphatic heterocycles. The number of amides is 2. The lowest BCUT2D eigenvalue weighted by Gasteiger charge is -2.26. The molecule has 6 nitrogen and oxygen atoms in total. The maximum atomic E-state index is 12.3. The summed E-state index contributed by atoms with van der Waals surface area (Å²) in [5.74, 6) is 2.64. The molecule has 2 amide bonds. The van der Waals surface area contributed by atoms with Gasteiger partial charge >= 0.3 is 0 Å². The lowest BCUT2D eigenvalue weighted by molar-refractivity contribution is -0.133. The molecule has 108 valence electrons. The summed E-state index contributed by atoms with van der Waals surface area (Å²) >= 11 is 0. The first-order valence-electron chi connectivity index (χ1n) is 7.00. The molecule has 0 radical (unpaired) electrons. The molecular weight excluding hydrogens is 256 g/mol. The van der Waals surface area contributed by atoms with E-state index in [1.54, 1.807) is 4.90 Å². The van der Waals surface area contributed by atoms with Crippen LogP contribution < -0.4 is 5.32 Å². The van der Waals surface area contributed by atoms with Crippen LogP contribution in [0.25, 0.3) is 0 Å². The van der Waals surface area contributed by atoms with Crippen LogP contribution in [0.4, 0.5) is 0 Å². The van der Waals surface area contributed by atoms with Gasteiger partial charge in [-0.1, -0.05) is 0 Å². The van der Waals surface area contributed by atoms with Crippen LogP contribution in [-0.4, -0.2) is 41.5 Å². The Labute approximate surface area is 119 Å². The largest absolute Gasteiger partial charge is 0.354 e. The molecule has 6 heteroatoms. The Morgan fingerprint density at radius 2 is 2.30 bits per heavy atom. The van der Waals surface area contributed by atoms with Crippen LogP contribution in [0.2, 0.25) is 0 Å².